The number of anilines is 1. The molecule has 0 fully saturated rings. The number of rotatable bonds is 4. The normalized spacial score (nSPS) is 17.3. The second kappa shape index (κ2) is 6.97. The number of ketones is 1. The maximum atomic E-state index is 12.1. The Hall–Kier alpha value is -2.46. The number of hydrogen-bond donors (Lipinski definition) is 2. The van der Waals surface area contributed by atoms with Crippen molar-refractivity contribution in [3.8, 4) is 11.5 Å². The van der Waals surface area contributed by atoms with Crippen molar-refractivity contribution in [1.29, 1.82) is 0 Å². The number of halogens is 1. The van der Waals surface area contributed by atoms with Crippen LogP contribution in [0.4, 0.5) is 5.69 Å². The van der Waals surface area contributed by atoms with E-state index in [9.17, 15) is 9.90 Å². The summed E-state index contributed by atoms with van der Waals surface area (Å²) < 4.78 is 5.17. The van der Waals surface area contributed by atoms with Crippen molar-refractivity contribution in [3.05, 3.63) is 64.8 Å². The molecule has 5 heteroatoms. The smallest absolute Gasteiger partial charge is 0.158 e. The van der Waals surface area contributed by atoms with Gasteiger partial charge in [0.05, 0.1) is 12.8 Å². The maximum absolute atomic E-state index is 12.1. The summed E-state index contributed by atoms with van der Waals surface area (Å²) in [5, 5.41) is 13.6. The second-order valence-corrected chi connectivity index (χ2v) is 6.24. The molecule has 0 unspecified atom stereocenters. The average molecular weight is 344 g/mol. The minimum Gasteiger partial charge on any atom is -0.506 e. The molecule has 0 saturated carbocycles. The Morgan fingerprint density at radius 3 is 2.62 bits per heavy atom. The fourth-order valence-corrected chi connectivity index (χ4v) is 3.05. The summed E-state index contributed by atoms with van der Waals surface area (Å²) in [5.74, 6) is 1.04. The SMILES string of the molecule is COc1ccc([C@@H]2CC(=O)C=C(Nc3cc(Cl)ccc3O)C2)cc1. The van der Waals surface area contributed by atoms with Crippen molar-refractivity contribution in [3.63, 3.8) is 0 Å². The number of hydrogen-bond acceptors (Lipinski definition) is 4. The molecule has 1 aliphatic carbocycles. The van der Waals surface area contributed by atoms with Crippen molar-refractivity contribution in [1.82, 2.24) is 0 Å². The Balaban J connectivity index is 1.79. The molecular formula is C19H18ClNO3. The van der Waals surface area contributed by atoms with Crippen LogP contribution in [0.2, 0.25) is 5.02 Å². The van der Waals surface area contributed by atoms with E-state index >= 15 is 0 Å². The molecule has 1 atom stereocenters. The topological polar surface area (TPSA) is 58.6 Å². The highest BCUT2D eigenvalue weighted by atomic mass is 35.5. The second-order valence-electron chi connectivity index (χ2n) is 5.80. The zero-order valence-electron chi connectivity index (χ0n) is 13.3. The van der Waals surface area contributed by atoms with E-state index in [1.165, 1.54) is 6.07 Å². The molecule has 0 aliphatic heterocycles. The predicted octanol–water partition coefficient (Wildman–Crippen LogP) is 4.50. The van der Waals surface area contributed by atoms with Gasteiger partial charge < -0.3 is 15.2 Å². The lowest BCUT2D eigenvalue weighted by Crippen LogP contribution is -2.16. The van der Waals surface area contributed by atoms with Crippen LogP contribution >= 0.6 is 11.6 Å². The lowest BCUT2D eigenvalue weighted by molar-refractivity contribution is -0.115. The van der Waals surface area contributed by atoms with Crippen molar-refractivity contribution in [2.24, 2.45) is 0 Å². The number of aromatic hydroxyl groups is 1. The lowest BCUT2D eigenvalue weighted by Gasteiger charge is -2.24. The quantitative estimate of drug-likeness (QED) is 0.803. The van der Waals surface area contributed by atoms with Crippen LogP contribution < -0.4 is 10.1 Å². The van der Waals surface area contributed by atoms with Gasteiger partial charge in [0.2, 0.25) is 0 Å². The van der Waals surface area contributed by atoms with Crippen LogP contribution in [-0.2, 0) is 4.79 Å². The maximum Gasteiger partial charge on any atom is 0.158 e. The van der Waals surface area contributed by atoms with Gasteiger partial charge in [-0.1, -0.05) is 23.7 Å². The van der Waals surface area contributed by atoms with Crippen LogP contribution in [0.1, 0.15) is 24.3 Å². The zero-order valence-corrected chi connectivity index (χ0v) is 14.0. The molecule has 0 radical (unpaired) electrons. The minimum atomic E-state index is 0.0612. The van der Waals surface area contributed by atoms with Gasteiger partial charge in [-0.15, -0.1) is 0 Å². The van der Waals surface area contributed by atoms with E-state index in [2.05, 4.69) is 5.32 Å². The molecule has 2 aromatic rings. The van der Waals surface area contributed by atoms with Crippen LogP contribution in [0.5, 0.6) is 11.5 Å². The molecule has 3 rings (SSSR count). The van der Waals surface area contributed by atoms with Crippen molar-refractivity contribution in [2.75, 3.05) is 12.4 Å². The van der Waals surface area contributed by atoms with Crippen LogP contribution in [0.15, 0.2) is 54.2 Å². The number of allylic oxidation sites excluding steroid dienone is 2. The highest BCUT2D eigenvalue weighted by Crippen LogP contribution is 2.35. The predicted molar refractivity (Wildman–Crippen MR) is 94.8 cm³/mol. The van der Waals surface area contributed by atoms with Gasteiger partial charge in [-0.05, 0) is 48.2 Å². The number of phenolic OH excluding ortho intramolecular Hbond substituents is 1. The monoisotopic (exact) mass is 343 g/mol. The molecule has 0 saturated heterocycles. The van der Waals surface area contributed by atoms with E-state index in [1.54, 1.807) is 25.3 Å². The number of ether oxygens (including phenoxy) is 1. The van der Waals surface area contributed by atoms with E-state index in [4.69, 9.17) is 16.3 Å². The van der Waals surface area contributed by atoms with Crippen LogP contribution in [0.3, 0.4) is 0 Å². The number of carbonyl (C=O) groups is 1. The summed E-state index contributed by atoms with van der Waals surface area (Å²) in [5.41, 5.74) is 2.36. The third-order valence-corrected chi connectivity index (χ3v) is 4.33. The van der Waals surface area contributed by atoms with E-state index in [0.717, 1.165) is 17.0 Å². The molecule has 2 N–H and O–H groups in total. The summed E-state index contributed by atoms with van der Waals surface area (Å²) >= 11 is 5.97. The molecule has 4 nitrogen and oxygen atoms in total. The third kappa shape index (κ3) is 3.71. The van der Waals surface area contributed by atoms with Crippen LogP contribution in [0.25, 0.3) is 0 Å². The molecule has 2 aromatic carbocycles. The molecule has 24 heavy (non-hydrogen) atoms. The van der Waals surface area contributed by atoms with Gasteiger partial charge in [0.25, 0.3) is 0 Å². The molecule has 0 aromatic heterocycles. The average Bonchev–Trinajstić information content (AvgIpc) is 2.58. The van der Waals surface area contributed by atoms with E-state index in [1.807, 2.05) is 24.3 Å². The van der Waals surface area contributed by atoms with E-state index in [0.29, 0.717) is 23.6 Å². The summed E-state index contributed by atoms with van der Waals surface area (Å²) in [7, 11) is 1.63. The van der Waals surface area contributed by atoms with Crippen molar-refractivity contribution < 1.29 is 14.6 Å². The summed E-state index contributed by atoms with van der Waals surface area (Å²) in [4.78, 5) is 12.1. The fraction of sp³-hybridized carbons (Fsp3) is 0.211. The summed E-state index contributed by atoms with van der Waals surface area (Å²) in [6, 6.07) is 12.5. The van der Waals surface area contributed by atoms with Gasteiger partial charge in [0.1, 0.15) is 11.5 Å². The standard InChI is InChI=1S/C19H18ClNO3/c1-24-17-5-2-12(3-6-17)13-8-15(11-16(22)9-13)21-18-10-14(20)4-7-19(18)23/h2-7,10-11,13,21,23H,8-9H2,1H3/t13-/m0/s1. The number of nitrogens with one attached hydrogen (secondary N) is 1. The van der Waals surface area contributed by atoms with E-state index < -0.39 is 0 Å². The molecule has 0 spiro atoms. The van der Waals surface area contributed by atoms with Gasteiger partial charge in [0.15, 0.2) is 5.78 Å². The number of methoxy groups -OCH3 is 1. The number of benzene rings is 2. The largest absolute Gasteiger partial charge is 0.506 e. The van der Waals surface area contributed by atoms with Gasteiger partial charge >= 0.3 is 0 Å². The van der Waals surface area contributed by atoms with Gasteiger partial charge in [-0.2, -0.15) is 0 Å². The third-order valence-electron chi connectivity index (χ3n) is 4.09. The molecule has 0 amide bonds. The first-order valence-electron chi connectivity index (χ1n) is 7.68. The first-order chi connectivity index (χ1) is 11.5. The Bertz CT molecular complexity index is 784. The highest BCUT2D eigenvalue weighted by molar-refractivity contribution is 6.30. The van der Waals surface area contributed by atoms with Gasteiger partial charge in [-0.3, -0.25) is 4.79 Å². The zero-order chi connectivity index (χ0) is 17.1. The number of carbonyl (C=O) groups excluding carboxylic acids is 1. The number of phenols is 1. The first kappa shape index (κ1) is 16.4. The Labute approximate surface area is 145 Å². The van der Waals surface area contributed by atoms with Crippen LogP contribution in [0, 0.1) is 0 Å². The Morgan fingerprint density at radius 1 is 1.17 bits per heavy atom. The van der Waals surface area contributed by atoms with Crippen LogP contribution in [-0.4, -0.2) is 18.0 Å². The molecule has 124 valence electrons. The molecule has 0 bridgehead atoms. The highest BCUT2D eigenvalue weighted by Gasteiger charge is 2.23. The first-order valence-corrected chi connectivity index (χ1v) is 8.06. The minimum absolute atomic E-state index is 0.0612. The van der Waals surface area contributed by atoms with E-state index in [-0.39, 0.29) is 17.5 Å². The Kier molecular flexibility index (Phi) is 4.76. The van der Waals surface area contributed by atoms with Gasteiger partial charge in [-0.25, -0.2) is 0 Å². The molecule has 0 heterocycles. The molecular weight excluding hydrogens is 326 g/mol. The van der Waals surface area contributed by atoms with Crippen molar-refractivity contribution >= 4 is 23.1 Å². The lowest BCUT2D eigenvalue weighted by atomic mass is 9.85. The summed E-state index contributed by atoms with van der Waals surface area (Å²) in [6.45, 7) is 0. The Morgan fingerprint density at radius 2 is 1.92 bits per heavy atom. The van der Waals surface area contributed by atoms with Crippen molar-refractivity contribution in [2.45, 2.75) is 18.8 Å². The molecule has 1 aliphatic rings. The van der Waals surface area contributed by atoms with Gasteiger partial charge in [0, 0.05) is 23.2 Å². The fourth-order valence-electron chi connectivity index (χ4n) is 2.87. The summed E-state index contributed by atoms with van der Waals surface area (Å²) in [6.07, 6.45) is 2.75.